The number of unbranched alkanes of at least 4 members (excludes halogenated alkanes) is 6. The number of halogens is 1. The standard InChI is InChI=1S/C17H30N.BrH/c1-4-5-6-7-8-9-10-12-17-13-11-14-18(15-17)16(2)3;/h11,13-16H,4-10,12H2,1-3H3;1H/q+1;/p-1. The summed E-state index contributed by atoms with van der Waals surface area (Å²) in [5.41, 5.74) is 1.49. The average molecular weight is 328 g/mol. The van der Waals surface area contributed by atoms with Gasteiger partial charge in [0.2, 0.25) is 0 Å². The summed E-state index contributed by atoms with van der Waals surface area (Å²) >= 11 is 0. The van der Waals surface area contributed by atoms with E-state index in [2.05, 4.69) is 49.9 Å². The predicted molar refractivity (Wildman–Crippen MR) is 78.7 cm³/mol. The lowest BCUT2D eigenvalue weighted by atomic mass is 10.1. The first kappa shape index (κ1) is 18.6. The third-order valence-corrected chi connectivity index (χ3v) is 3.55. The van der Waals surface area contributed by atoms with Crippen LogP contribution in [0.5, 0.6) is 0 Å². The Hall–Kier alpha value is -0.370. The molecule has 1 aromatic rings. The van der Waals surface area contributed by atoms with Crippen molar-refractivity contribution in [3.05, 3.63) is 30.1 Å². The molecule has 0 amide bonds. The minimum Gasteiger partial charge on any atom is -1.00 e. The Kier molecular flexibility index (Phi) is 11.2. The van der Waals surface area contributed by atoms with Crippen LogP contribution in [0.1, 0.15) is 77.3 Å². The van der Waals surface area contributed by atoms with Gasteiger partial charge in [-0.3, -0.25) is 0 Å². The van der Waals surface area contributed by atoms with Gasteiger partial charge in [0.05, 0.1) is 0 Å². The number of hydrogen-bond acceptors (Lipinski definition) is 0. The number of nitrogens with zero attached hydrogens (tertiary/aromatic N) is 1. The molecule has 0 unspecified atom stereocenters. The number of aryl methyl sites for hydroxylation is 1. The van der Waals surface area contributed by atoms with Gasteiger partial charge in [-0.2, -0.15) is 0 Å². The molecule has 0 spiro atoms. The second kappa shape index (κ2) is 11.5. The van der Waals surface area contributed by atoms with E-state index >= 15 is 0 Å². The maximum atomic E-state index is 2.31. The fraction of sp³-hybridized carbons (Fsp3) is 0.706. The Bertz CT molecular complexity index is 323. The SMILES string of the molecule is CCCCCCCCCc1ccc[n+](C(C)C)c1.[Br-]. The lowest BCUT2D eigenvalue weighted by Gasteiger charge is -2.04. The zero-order valence-electron chi connectivity index (χ0n) is 12.9. The first-order valence-electron chi connectivity index (χ1n) is 7.73. The van der Waals surface area contributed by atoms with Crippen molar-refractivity contribution in [1.82, 2.24) is 0 Å². The predicted octanol–water partition coefficient (Wildman–Crippen LogP) is 1.85. The molecule has 0 atom stereocenters. The van der Waals surface area contributed by atoms with Crippen LogP contribution in [0.25, 0.3) is 0 Å². The Morgan fingerprint density at radius 1 is 1.00 bits per heavy atom. The van der Waals surface area contributed by atoms with Gasteiger partial charge in [-0.15, -0.1) is 0 Å². The second-order valence-corrected chi connectivity index (χ2v) is 5.62. The molecule has 2 heteroatoms. The molecule has 0 bridgehead atoms. The van der Waals surface area contributed by atoms with Gasteiger partial charge in [0.25, 0.3) is 0 Å². The van der Waals surface area contributed by atoms with Crippen molar-refractivity contribution in [1.29, 1.82) is 0 Å². The summed E-state index contributed by atoms with van der Waals surface area (Å²) in [7, 11) is 0. The van der Waals surface area contributed by atoms with E-state index < -0.39 is 0 Å². The second-order valence-electron chi connectivity index (χ2n) is 5.62. The maximum Gasteiger partial charge on any atom is 0.172 e. The molecule has 0 saturated heterocycles. The van der Waals surface area contributed by atoms with E-state index in [4.69, 9.17) is 0 Å². The highest BCUT2D eigenvalue weighted by Crippen LogP contribution is 2.10. The van der Waals surface area contributed by atoms with Gasteiger partial charge in [0, 0.05) is 11.6 Å². The first-order chi connectivity index (χ1) is 8.74. The van der Waals surface area contributed by atoms with Crippen molar-refractivity contribution in [3.8, 4) is 0 Å². The maximum absolute atomic E-state index is 2.31. The summed E-state index contributed by atoms with van der Waals surface area (Å²) in [6.45, 7) is 6.74. The minimum atomic E-state index is 0. The van der Waals surface area contributed by atoms with Crippen LogP contribution in [0.3, 0.4) is 0 Å². The van der Waals surface area contributed by atoms with E-state index in [1.807, 2.05) is 0 Å². The molecule has 1 rings (SSSR count). The minimum absolute atomic E-state index is 0. The highest BCUT2D eigenvalue weighted by molar-refractivity contribution is 5.05. The van der Waals surface area contributed by atoms with E-state index in [1.165, 1.54) is 56.9 Å². The van der Waals surface area contributed by atoms with Crippen LogP contribution in [0.2, 0.25) is 0 Å². The molecule has 1 nitrogen and oxygen atoms in total. The lowest BCUT2D eigenvalue weighted by Crippen LogP contribution is -3.00. The zero-order valence-corrected chi connectivity index (χ0v) is 14.5. The van der Waals surface area contributed by atoms with Gasteiger partial charge >= 0.3 is 0 Å². The Morgan fingerprint density at radius 2 is 1.63 bits per heavy atom. The van der Waals surface area contributed by atoms with E-state index in [1.54, 1.807) is 0 Å². The highest BCUT2D eigenvalue weighted by Gasteiger charge is 2.06. The van der Waals surface area contributed by atoms with Crippen molar-refractivity contribution < 1.29 is 21.5 Å². The van der Waals surface area contributed by atoms with Crippen molar-refractivity contribution in [2.45, 2.75) is 78.2 Å². The quantitative estimate of drug-likeness (QED) is 0.481. The highest BCUT2D eigenvalue weighted by atomic mass is 79.9. The lowest BCUT2D eigenvalue weighted by molar-refractivity contribution is -0.716. The fourth-order valence-electron chi connectivity index (χ4n) is 2.30. The molecule has 0 saturated carbocycles. The first-order valence-corrected chi connectivity index (χ1v) is 7.73. The number of pyridine rings is 1. The third kappa shape index (κ3) is 8.41. The molecule has 1 heterocycles. The smallest absolute Gasteiger partial charge is 0.172 e. The third-order valence-electron chi connectivity index (χ3n) is 3.55. The molecule has 1 aromatic heterocycles. The summed E-state index contributed by atoms with van der Waals surface area (Å²) in [4.78, 5) is 0. The average Bonchev–Trinajstić information content (AvgIpc) is 2.38. The van der Waals surface area contributed by atoms with Crippen LogP contribution in [-0.4, -0.2) is 0 Å². The summed E-state index contributed by atoms with van der Waals surface area (Å²) in [5.74, 6) is 0. The van der Waals surface area contributed by atoms with E-state index in [0.717, 1.165) is 0 Å². The fourth-order valence-corrected chi connectivity index (χ4v) is 2.30. The largest absolute Gasteiger partial charge is 1.00 e. The Morgan fingerprint density at radius 3 is 2.26 bits per heavy atom. The van der Waals surface area contributed by atoms with Gasteiger partial charge in [-0.05, 0) is 32.8 Å². The summed E-state index contributed by atoms with van der Waals surface area (Å²) in [6.07, 6.45) is 15.5. The van der Waals surface area contributed by atoms with E-state index in [0.29, 0.717) is 6.04 Å². The zero-order chi connectivity index (χ0) is 13.2. The monoisotopic (exact) mass is 327 g/mol. The van der Waals surface area contributed by atoms with Crippen molar-refractivity contribution in [3.63, 3.8) is 0 Å². The normalized spacial score (nSPS) is 10.5. The van der Waals surface area contributed by atoms with Crippen LogP contribution in [-0.2, 0) is 6.42 Å². The van der Waals surface area contributed by atoms with Gasteiger partial charge in [0.1, 0.15) is 0 Å². The molecular formula is C17H30BrN. The van der Waals surface area contributed by atoms with Gasteiger partial charge < -0.3 is 17.0 Å². The number of rotatable bonds is 9. The molecule has 0 N–H and O–H groups in total. The van der Waals surface area contributed by atoms with Gasteiger partial charge in [0.15, 0.2) is 18.4 Å². The van der Waals surface area contributed by atoms with Crippen LogP contribution >= 0.6 is 0 Å². The molecule has 0 aliphatic rings. The van der Waals surface area contributed by atoms with Crippen LogP contribution in [0, 0.1) is 0 Å². The van der Waals surface area contributed by atoms with Gasteiger partial charge in [-0.1, -0.05) is 45.4 Å². The van der Waals surface area contributed by atoms with Gasteiger partial charge in [-0.25, -0.2) is 4.57 Å². The topological polar surface area (TPSA) is 3.88 Å². The van der Waals surface area contributed by atoms with Crippen molar-refractivity contribution in [2.24, 2.45) is 0 Å². The van der Waals surface area contributed by atoms with Crippen molar-refractivity contribution >= 4 is 0 Å². The molecular weight excluding hydrogens is 298 g/mol. The van der Waals surface area contributed by atoms with Crippen LogP contribution < -0.4 is 21.5 Å². The van der Waals surface area contributed by atoms with Crippen LogP contribution in [0.4, 0.5) is 0 Å². The molecule has 0 aliphatic heterocycles. The number of hydrogen-bond donors (Lipinski definition) is 0. The van der Waals surface area contributed by atoms with Crippen molar-refractivity contribution in [2.75, 3.05) is 0 Å². The summed E-state index contributed by atoms with van der Waals surface area (Å²) < 4.78 is 2.30. The van der Waals surface area contributed by atoms with Crippen LogP contribution in [0.15, 0.2) is 24.5 Å². The molecule has 0 radical (unpaired) electrons. The summed E-state index contributed by atoms with van der Waals surface area (Å²) in [5, 5.41) is 0. The number of aromatic nitrogens is 1. The molecule has 19 heavy (non-hydrogen) atoms. The Balaban J connectivity index is 0.00000324. The molecule has 0 fully saturated rings. The Labute approximate surface area is 130 Å². The molecule has 0 aliphatic carbocycles. The van der Waals surface area contributed by atoms with E-state index in [9.17, 15) is 0 Å². The molecule has 110 valence electrons. The molecule has 0 aromatic carbocycles. The summed E-state index contributed by atoms with van der Waals surface area (Å²) in [6, 6.07) is 5.01. The van der Waals surface area contributed by atoms with E-state index in [-0.39, 0.29) is 17.0 Å².